The largest absolute Gasteiger partial charge is 0.497 e. The molecule has 5 rings (SSSR count). The third-order valence-corrected chi connectivity index (χ3v) is 8.81. The SMILES string of the molecule is COc1ccc(CN(c2nccs2)S(=O)(=O)c2ccc3c(-c4ccc(Cl)cc4OCC#N)nccc3c2)cc1. The summed E-state index contributed by atoms with van der Waals surface area (Å²) < 4.78 is 40.0. The third-order valence-electron chi connectivity index (χ3n) is 5.93. The topological polar surface area (TPSA) is 105 Å². The molecule has 0 fully saturated rings. The Bertz CT molecular complexity index is 1770. The van der Waals surface area contributed by atoms with Gasteiger partial charge in [-0.15, -0.1) is 11.3 Å². The van der Waals surface area contributed by atoms with Crippen LogP contribution in [0.2, 0.25) is 5.02 Å². The fraction of sp³-hybridized carbons (Fsp3) is 0.107. The first-order chi connectivity index (χ1) is 18.9. The van der Waals surface area contributed by atoms with Crippen molar-refractivity contribution >= 4 is 48.9 Å². The van der Waals surface area contributed by atoms with Crippen molar-refractivity contribution in [1.82, 2.24) is 9.97 Å². The van der Waals surface area contributed by atoms with Crippen molar-refractivity contribution < 1.29 is 17.9 Å². The van der Waals surface area contributed by atoms with Crippen LogP contribution in [0.5, 0.6) is 11.5 Å². The molecule has 0 unspecified atom stereocenters. The number of fused-ring (bicyclic) bond motifs is 1. The van der Waals surface area contributed by atoms with Crippen LogP contribution in [0.3, 0.4) is 0 Å². The lowest BCUT2D eigenvalue weighted by molar-refractivity contribution is 0.369. The third kappa shape index (κ3) is 5.52. The molecule has 0 atom stereocenters. The highest BCUT2D eigenvalue weighted by Crippen LogP contribution is 2.37. The fourth-order valence-corrected chi connectivity index (χ4v) is 6.55. The summed E-state index contributed by atoms with van der Waals surface area (Å²) in [6, 6.07) is 20.9. The minimum absolute atomic E-state index is 0.101. The number of methoxy groups -OCH3 is 1. The van der Waals surface area contributed by atoms with E-state index in [0.717, 1.165) is 10.9 Å². The van der Waals surface area contributed by atoms with Gasteiger partial charge in [0.25, 0.3) is 10.0 Å². The van der Waals surface area contributed by atoms with Crippen LogP contribution >= 0.6 is 22.9 Å². The summed E-state index contributed by atoms with van der Waals surface area (Å²) >= 11 is 7.40. The highest BCUT2D eigenvalue weighted by atomic mass is 35.5. The number of pyridine rings is 1. The highest BCUT2D eigenvalue weighted by molar-refractivity contribution is 7.93. The number of sulfonamides is 1. The minimum Gasteiger partial charge on any atom is -0.497 e. The Hall–Kier alpha value is -4.17. The van der Waals surface area contributed by atoms with Gasteiger partial charge in [-0.05, 0) is 59.5 Å². The molecule has 196 valence electrons. The second-order valence-corrected chi connectivity index (χ2v) is 11.5. The van der Waals surface area contributed by atoms with Crippen LogP contribution < -0.4 is 13.8 Å². The van der Waals surface area contributed by atoms with Crippen LogP contribution in [0.1, 0.15) is 5.56 Å². The first-order valence-corrected chi connectivity index (χ1v) is 14.3. The van der Waals surface area contributed by atoms with Crippen molar-refractivity contribution in [1.29, 1.82) is 5.26 Å². The van der Waals surface area contributed by atoms with Gasteiger partial charge in [-0.1, -0.05) is 29.8 Å². The predicted molar refractivity (Wildman–Crippen MR) is 152 cm³/mol. The molecule has 8 nitrogen and oxygen atoms in total. The maximum Gasteiger partial charge on any atom is 0.266 e. The van der Waals surface area contributed by atoms with E-state index in [2.05, 4.69) is 9.97 Å². The summed E-state index contributed by atoms with van der Waals surface area (Å²) in [7, 11) is -2.40. The van der Waals surface area contributed by atoms with Crippen molar-refractivity contribution in [3.05, 3.63) is 95.1 Å². The molecule has 0 aliphatic carbocycles. The van der Waals surface area contributed by atoms with E-state index in [-0.39, 0.29) is 18.0 Å². The Balaban J connectivity index is 1.56. The number of nitriles is 1. The molecule has 0 aliphatic rings. The number of thiazole rings is 1. The summed E-state index contributed by atoms with van der Waals surface area (Å²) in [6.45, 7) is -0.0505. The Morgan fingerprint density at radius 1 is 1.03 bits per heavy atom. The van der Waals surface area contributed by atoms with Crippen LogP contribution in [0, 0.1) is 11.3 Å². The number of anilines is 1. The molecule has 0 bridgehead atoms. The van der Waals surface area contributed by atoms with Crippen molar-refractivity contribution in [3.8, 4) is 28.8 Å². The van der Waals surface area contributed by atoms with Crippen LogP contribution in [0.4, 0.5) is 5.13 Å². The van der Waals surface area contributed by atoms with E-state index < -0.39 is 10.0 Å². The maximum absolute atomic E-state index is 14.0. The van der Waals surface area contributed by atoms with Crippen LogP contribution in [-0.2, 0) is 16.6 Å². The van der Waals surface area contributed by atoms with Crippen molar-refractivity contribution in [2.24, 2.45) is 0 Å². The van der Waals surface area contributed by atoms with E-state index >= 15 is 0 Å². The highest BCUT2D eigenvalue weighted by Gasteiger charge is 2.28. The number of hydrogen-bond donors (Lipinski definition) is 0. The number of benzene rings is 3. The lowest BCUT2D eigenvalue weighted by Crippen LogP contribution is -2.30. The minimum atomic E-state index is -3.98. The van der Waals surface area contributed by atoms with E-state index in [0.29, 0.717) is 38.3 Å². The predicted octanol–water partition coefficient (Wildman–Crippen LogP) is 6.32. The molecule has 2 heterocycles. The molecule has 3 aromatic carbocycles. The second-order valence-electron chi connectivity index (χ2n) is 8.30. The summed E-state index contributed by atoms with van der Waals surface area (Å²) in [4.78, 5) is 8.93. The summed E-state index contributed by atoms with van der Waals surface area (Å²) in [5.41, 5.74) is 2.00. The zero-order valence-corrected chi connectivity index (χ0v) is 23.0. The zero-order valence-electron chi connectivity index (χ0n) is 20.6. The van der Waals surface area contributed by atoms with E-state index in [4.69, 9.17) is 26.3 Å². The average Bonchev–Trinajstić information content (AvgIpc) is 3.49. The molecule has 0 amide bonds. The molecular weight excluding hydrogens is 556 g/mol. The van der Waals surface area contributed by atoms with Gasteiger partial charge in [0.15, 0.2) is 11.7 Å². The van der Waals surface area contributed by atoms with Gasteiger partial charge in [0.1, 0.15) is 17.6 Å². The molecule has 0 radical (unpaired) electrons. The molecule has 39 heavy (non-hydrogen) atoms. The van der Waals surface area contributed by atoms with E-state index in [1.54, 1.807) is 79.5 Å². The van der Waals surface area contributed by atoms with Crippen LogP contribution in [0.25, 0.3) is 22.0 Å². The van der Waals surface area contributed by atoms with Gasteiger partial charge in [-0.3, -0.25) is 4.98 Å². The number of halogens is 1. The van der Waals surface area contributed by atoms with Crippen molar-refractivity contribution in [2.45, 2.75) is 11.4 Å². The number of ether oxygens (including phenoxy) is 2. The van der Waals surface area contributed by atoms with Gasteiger partial charge in [0.2, 0.25) is 0 Å². The van der Waals surface area contributed by atoms with Crippen molar-refractivity contribution in [3.63, 3.8) is 0 Å². The second kappa shape index (κ2) is 11.3. The Morgan fingerprint density at radius 3 is 2.56 bits per heavy atom. The van der Waals surface area contributed by atoms with Gasteiger partial charge in [0.05, 0.1) is 24.2 Å². The number of hydrogen-bond acceptors (Lipinski definition) is 8. The molecule has 0 saturated carbocycles. The molecule has 0 saturated heterocycles. The Morgan fingerprint density at radius 2 is 1.85 bits per heavy atom. The standard InChI is InChI=1S/C28H21ClN4O4S2/c1-36-22-5-2-19(3-6-22)18-33(28-32-13-15-38-28)39(34,35)23-7-9-24-20(16-23)10-12-31-27(24)25-8-4-21(29)17-26(25)37-14-11-30/h2-10,12-13,15-17H,14,18H2,1H3. The van der Waals surface area contributed by atoms with E-state index in [9.17, 15) is 8.42 Å². The Kier molecular flexibility index (Phi) is 7.65. The first kappa shape index (κ1) is 26.4. The molecule has 2 aromatic heterocycles. The van der Waals surface area contributed by atoms with Gasteiger partial charge < -0.3 is 9.47 Å². The Labute approximate surface area is 234 Å². The lowest BCUT2D eigenvalue weighted by atomic mass is 10.0. The average molecular weight is 577 g/mol. The van der Waals surface area contributed by atoms with Crippen LogP contribution in [0.15, 0.2) is 89.4 Å². The van der Waals surface area contributed by atoms with Crippen LogP contribution in [-0.4, -0.2) is 32.1 Å². The van der Waals surface area contributed by atoms with E-state index in [1.807, 2.05) is 18.2 Å². The maximum atomic E-state index is 14.0. The van der Waals surface area contributed by atoms with Gasteiger partial charge in [-0.25, -0.2) is 17.7 Å². The fourth-order valence-electron chi connectivity index (χ4n) is 4.07. The molecular formula is C28H21ClN4O4S2. The zero-order chi connectivity index (χ0) is 27.4. The normalized spacial score (nSPS) is 11.2. The molecule has 11 heteroatoms. The first-order valence-electron chi connectivity index (χ1n) is 11.6. The monoisotopic (exact) mass is 576 g/mol. The molecule has 0 N–H and O–H groups in total. The number of rotatable bonds is 9. The van der Waals surface area contributed by atoms with Crippen molar-refractivity contribution in [2.75, 3.05) is 18.0 Å². The smallest absolute Gasteiger partial charge is 0.266 e. The summed E-state index contributed by atoms with van der Waals surface area (Å²) in [5, 5.41) is 12.9. The molecule has 0 aliphatic heterocycles. The van der Waals surface area contributed by atoms with E-state index in [1.165, 1.54) is 15.6 Å². The summed E-state index contributed by atoms with van der Waals surface area (Å²) in [6.07, 6.45) is 3.18. The molecule has 0 spiro atoms. The molecule has 5 aromatic rings. The van der Waals surface area contributed by atoms with Gasteiger partial charge >= 0.3 is 0 Å². The summed E-state index contributed by atoms with van der Waals surface area (Å²) in [5.74, 6) is 1.10. The van der Waals surface area contributed by atoms with Gasteiger partial charge in [0, 0.05) is 33.7 Å². The quantitative estimate of drug-likeness (QED) is 0.202. The van der Waals surface area contributed by atoms with Gasteiger partial charge in [-0.2, -0.15) is 5.26 Å². The lowest BCUT2D eigenvalue weighted by Gasteiger charge is -2.22. The number of nitrogens with zero attached hydrogens (tertiary/aromatic N) is 4. The number of aromatic nitrogens is 2.